The van der Waals surface area contributed by atoms with Gasteiger partial charge in [-0.05, 0) is 45.3 Å². The summed E-state index contributed by atoms with van der Waals surface area (Å²) in [5.41, 5.74) is 1.10. The minimum absolute atomic E-state index is 0.0857. The monoisotopic (exact) mass is 285 g/mol. The van der Waals surface area contributed by atoms with Gasteiger partial charge in [-0.3, -0.25) is 4.79 Å². The zero-order chi connectivity index (χ0) is 15.3. The predicted octanol–water partition coefficient (Wildman–Crippen LogP) is 1.97. The highest BCUT2D eigenvalue weighted by atomic mass is 16.1. The third kappa shape index (κ3) is 3.62. The lowest BCUT2D eigenvalue weighted by atomic mass is 9.75. The molecule has 1 unspecified atom stereocenters. The molecule has 2 rings (SSSR count). The van der Waals surface area contributed by atoms with E-state index in [0.29, 0.717) is 13.0 Å². The summed E-state index contributed by atoms with van der Waals surface area (Å²) in [7, 11) is 4.11. The van der Waals surface area contributed by atoms with Crippen LogP contribution in [0.5, 0.6) is 0 Å². The number of rotatable bonds is 6. The van der Waals surface area contributed by atoms with Crippen LogP contribution in [0.15, 0.2) is 30.3 Å². The van der Waals surface area contributed by atoms with Crippen LogP contribution in [0.2, 0.25) is 0 Å². The maximum Gasteiger partial charge on any atom is 0.237 e. The molecule has 0 saturated heterocycles. The fourth-order valence-corrected chi connectivity index (χ4v) is 2.79. The lowest BCUT2D eigenvalue weighted by molar-refractivity contribution is -0.124. The predicted molar refractivity (Wildman–Crippen MR) is 82.5 cm³/mol. The second kappa shape index (κ2) is 6.73. The van der Waals surface area contributed by atoms with Crippen molar-refractivity contribution in [2.75, 3.05) is 20.6 Å². The molecule has 112 valence electrons. The van der Waals surface area contributed by atoms with Crippen LogP contribution in [0.4, 0.5) is 0 Å². The molecule has 4 heteroatoms. The van der Waals surface area contributed by atoms with E-state index in [0.717, 1.165) is 18.4 Å². The first-order valence-electron chi connectivity index (χ1n) is 7.46. The average Bonchev–Trinajstić information content (AvgIpc) is 2.44. The van der Waals surface area contributed by atoms with Crippen LogP contribution in [0.25, 0.3) is 0 Å². The second-order valence-corrected chi connectivity index (χ2v) is 6.06. The Balaban J connectivity index is 1.90. The van der Waals surface area contributed by atoms with Gasteiger partial charge in [-0.15, -0.1) is 0 Å². The number of benzene rings is 1. The van der Waals surface area contributed by atoms with Gasteiger partial charge in [0.2, 0.25) is 5.91 Å². The summed E-state index contributed by atoms with van der Waals surface area (Å²) in [5, 5.41) is 12.2. The number of carbonyl (C=O) groups is 1. The maximum atomic E-state index is 12.2. The van der Waals surface area contributed by atoms with Crippen LogP contribution in [0.3, 0.4) is 0 Å². The highest BCUT2D eigenvalue weighted by molar-refractivity contribution is 5.81. The molecule has 1 aromatic rings. The zero-order valence-corrected chi connectivity index (χ0v) is 12.8. The molecule has 1 aliphatic rings. The number of hydrogen-bond acceptors (Lipinski definition) is 3. The van der Waals surface area contributed by atoms with Gasteiger partial charge < -0.3 is 10.2 Å². The Bertz CT molecular complexity index is 515. The Morgan fingerprint density at radius 2 is 2.05 bits per heavy atom. The number of carbonyl (C=O) groups excluding carboxylic acids is 1. The topological polar surface area (TPSA) is 56.1 Å². The molecular formula is C17H23N3O. The van der Waals surface area contributed by atoms with Crippen molar-refractivity contribution in [3.05, 3.63) is 35.9 Å². The normalized spacial score (nSPS) is 17.6. The molecule has 0 bridgehead atoms. The lowest BCUT2D eigenvalue weighted by Gasteiger charge is -2.47. The molecule has 0 heterocycles. The van der Waals surface area contributed by atoms with E-state index in [2.05, 4.69) is 30.4 Å². The van der Waals surface area contributed by atoms with E-state index in [1.165, 1.54) is 6.42 Å². The van der Waals surface area contributed by atoms with Crippen molar-refractivity contribution in [3.8, 4) is 6.07 Å². The van der Waals surface area contributed by atoms with Gasteiger partial charge in [-0.2, -0.15) is 5.26 Å². The summed E-state index contributed by atoms with van der Waals surface area (Å²) in [6.45, 7) is 0.631. The summed E-state index contributed by atoms with van der Waals surface area (Å²) in [4.78, 5) is 14.4. The van der Waals surface area contributed by atoms with Crippen molar-refractivity contribution >= 4 is 5.91 Å². The molecule has 0 spiro atoms. The van der Waals surface area contributed by atoms with Gasteiger partial charge in [-0.25, -0.2) is 0 Å². The van der Waals surface area contributed by atoms with Gasteiger partial charge in [0, 0.05) is 12.1 Å². The third-order valence-corrected chi connectivity index (χ3v) is 4.58. The number of amides is 1. The molecule has 0 radical (unpaired) electrons. The second-order valence-electron chi connectivity index (χ2n) is 6.06. The Morgan fingerprint density at radius 3 is 2.52 bits per heavy atom. The minimum atomic E-state index is -0.619. The average molecular weight is 285 g/mol. The Morgan fingerprint density at radius 1 is 1.38 bits per heavy atom. The number of nitriles is 1. The van der Waals surface area contributed by atoms with Crippen LogP contribution in [-0.4, -0.2) is 37.0 Å². The van der Waals surface area contributed by atoms with E-state index in [9.17, 15) is 10.1 Å². The van der Waals surface area contributed by atoms with Gasteiger partial charge in [0.25, 0.3) is 0 Å². The van der Waals surface area contributed by atoms with E-state index in [-0.39, 0.29) is 11.4 Å². The van der Waals surface area contributed by atoms with Crippen molar-refractivity contribution in [1.82, 2.24) is 10.2 Å². The first-order valence-corrected chi connectivity index (χ1v) is 7.46. The first kappa shape index (κ1) is 15.5. The van der Waals surface area contributed by atoms with E-state index >= 15 is 0 Å². The molecule has 21 heavy (non-hydrogen) atoms. The summed E-state index contributed by atoms with van der Waals surface area (Å²) in [5.74, 6) is -0.777. The van der Waals surface area contributed by atoms with Gasteiger partial charge in [0.05, 0.1) is 6.07 Å². The molecule has 0 aliphatic heterocycles. The number of likely N-dealkylation sites (N-methyl/N-ethyl adjacent to an activating group) is 1. The van der Waals surface area contributed by atoms with Crippen molar-refractivity contribution in [1.29, 1.82) is 5.26 Å². The SMILES string of the molecule is CN(C)C1(CNC(=O)C(C#N)Cc2ccccc2)CCC1. The standard InChI is InChI=1S/C17H23N3O/c1-20(2)17(9-6-10-17)13-19-16(21)15(12-18)11-14-7-4-3-5-8-14/h3-5,7-8,15H,6,9-11,13H2,1-2H3,(H,19,21). The Kier molecular flexibility index (Phi) is 4.98. The van der Waals surface area contributed by atoms with Crippen molar-refractivity contribution in [2.45, 2.75) is 31.2 Å². The van der Waals surface area contributed by atoms with Gasteiger partial charge in [0.1, 0.15) is 5.92 Å². The van der Waals surface area contributed by atoms with Crippen molar-refractivity contribution in [2.24, 2.45) is 5.92 Å². The molecule has 1 amide bonds. The molecule has 1 saturated carbocycles. The fourth-order valence-electron chi connectivity index (χ4n) is 2.79. The Labute approximate surface area is 126 Å². The van der Waals surface area contributed by atoms with E-state index in [4.69, 9.17) is 0 Å². The highest BCUT2D eigenvalue weighted by Crippen LogP contribution is 2.35. The highest BCUT2D eigenvalue weighted by Gasteiger charge is 2.39. The van der Waals surface area contributed by atoms with Crippen LogP contribution < -0.4 is 5.32 Å². The van der Waals surface area contributed by atoms with Crippen molar-refractivity contribution in [3.63, 3.8) is 0 Å². The number of nitrogens with zero attached hydrogens (tertiary/aromatic N) is 2. The van der Waals surface area contributed by atoms with Crippen LogP contribution >= 0.6 is 0 Å². The fraction of sp³-hybridized carbons (Fsp3) is 0.529. The molecule has 0 aromatic heterocycles. The molecule has 1 aromatic carbocycles. The third-order valence-electron chi connectivity index (χ3n) is 4.58. The smallest absolute Gasteiger partial charge is 0.237 e. The maximum absolute atomic E-state index is 12.2. The van der Waals surface area contributed by atoms with Crippen LogP contribution in [0.1, 0.15) is 24.8 Å². The number of nitrogens with one attached hydrogen (secondary N) is 1. The van der Waals surface area contributed by atoms with E-state index in [1.807, 2.05) is 30.3 Å². The van der Waals surface area contributed by atoms with Gasteiger partial charge in [0.15, 0.2) is 0 Å². The minimum Gasteiger partial charge on any atom is -0.353 e. The van der Waals surface area contributed by atoms with Crippen LogP contribution in [-0.2, 0) is 11.2 Å². The molecule has 1 N–H and O–H groups in total. The quantitative estimate of drug-likeness (QED) is 0.869. The summed E-state index contributed by atoms with van der Waals surface area (Å²) < 4.78 is 0. The van der Waals surface area contributed by atoms with E-state index < -0.39 is 5.92 Å². The van der Waals surface area contributed by atoms with Gasteiger partial charge in [-0.1, -0.05) is 30.3 Å². The molecular weight excluding hydrogens is 262 g/mol. The first-order chi connectivity index (χ1) is 10.1. The molecule has 1 atom stereocenters. The van der Waals surface area contributed by atoms with Crippen molar-refractivity contribution < 1.29 is 4.79 Å². The largest absolute Gasteiger partial charge is 0.353 e. The summed E-state index contributed by atoms with van der Waals surface area (Å²) in [6, 6.07) is 11.8. The Hall–Kier alpha value is -1.86. The zero-order valence-electron chi connectivity index (χ0n) is 12.8. The summed E-state index contributed by atoms with van der Waals surface area (Å²) in [6.07, 6.45) is 3.89. The van der Waals surface area contributed by atoms with E-state index in [1.54, 1.807) is 0 Å². The summed E-state index contributed by atoms with van der Waals surface area (Å²) >= 11 is 0. The molecule has 1 fully saturated rings. The molecule has 1 aliphatic carbocycles. The molecule has 4 nitrogen and oxygen atoms in total. The van der Waals surface area contributed by atoms with Gasteiger partial charge >= 0.3 is 0 Å². The van der Waals surface area contributed by atoms with Crippen LogP contribution in [0, 0.1) is 17.2 Å². The lowest BCUT2D eigenvalue weighted by Crippen LogP contribution is -2.57. The number of hydrogen-bond donors (Lipinski definition) is 1.